The van der Waals surface area contributed by atoms with Gasteiger partial charge in [0.25, 0.3) is 0 Å². The molecule has 0 spiro atoms. The lowest BCUT2D eigenvalue weighted by atomic mass is 10.1. The third-order valence-corrected chi connectivity index (χ3v) is 2.54. The van der Waals surface area contributed by atoms with Gasteiger partial charge in [0.1, 0.15) is 6.61 Å². The van der Waals surface area contributed by atoms with Gasteiger partial charge in [0.05, 0.1) is 31.5 Å². The Kier molecular flexibility index (Phi) is 7.60. The highest BCUT2D eigenvalue weighted by atomic mass is 35.5. The number of benzene rings is 1. The highest BCUT2D eigenvalue weighted by Gasteiger charge is 2.09. The van der Waals surface area contributed by atoms with Gasteiger partial charge < -0.3 is 14.2 Å². The Labute approximate surface area is 112 Å². The maximum atomic E-state index is 11.7. The van der Waals surface area contributed by atoms with Crippen LogP contribution in [0.15, 0.2) is 24.3 Å². The minimum absolute atomic E-state index is 0.0113. The number of ketones is 1. The molecule has 0 heterocycles. The smallest absolute Gasteiger partial charge is 0.189 e. The van der Waals surface area contributed by atoms with Gasteiger partial charge in [-0.15, -0.1) is 0 Å². The molecule has 0 aliphatic carbocycles. The first-order valence-corrected chi connectivity index (χ1v) is 6.05. The van der Waals surface area contributed by atoms with Crippen LogP contribution in [0.3, 0.4) is 0 Å². The summed E-state index contributed by atoms with van der Waals surface area (Å²) in [4.78, 5) is 11.7. The molecule has 0 radical (unpaired) electrons. The van der Waals surface area contributed by atoms with Gasteiger partial charge in [0.2, 0.25) is 0 Å². The molecule has 0 atom stereocenters. The van der Waals surface area contributed by atoms with Crippen LogP contribution in [-0.4, -0.2) is 45.9 Å². The minimum atomic E-state index is -0.127. The summed E-state index contributed by atoms with van der Waals surface area (Å²) in [5, 5.41) is 0.447. The Hall–Kier alpha value is -0.940. The maximum Gasteiger partial charge on any atom is 0.189 e. The number of ether oxygens (including phenoxy) is 3. The molecule has 0 N–H and O–H groups in total. The molecule has 1 aromatic rings. The number of methoxy groups -OCH3 is 1. The molecule has 0 aromatic heterocycles. The number of carbonyl (C=O) groups is 1. The summed E-state index contributed by atoms with van der Waals surface area (Å²) in [5.74, 6) is -0.127. The van der Waals surface area contributed by atoms with E-state index in [0.717, 1.165) is 0 Å². The van der Waals surface area contributed by atoms with E-state index in [1.165, 1.54) is 0 Å². The molecule has 0 unspecified atom stereocenters. The number of rotatable bonds is 9. The third kappa shape index (κ3) is 5.60. The van der Waals surface area contributed by atoms with E-state index in [9.17, 15) is 4.79 Å². The van der Waals surface area contributed by atoms with Crippen molar-refractivity contribution in [3.63, 3.8) is 0 Å². The second kappa shape index (κ2) is 9.05. The Morgan fingerprint density at radius 3 is 2.50 bits per heavy atom. The van der Waals surface area contributed by atoms with Crippen LogP contribution in [-0.2, 0) is 14.2 Å². The van der Waals surface area contributed by atoms with E-state index in [-0.39, 0.29) is 12.4 Å². The lowest BCUT2D eigenvalue weighted by Gasteiger charge is -2.06. The van der Waals surface area contributed by atoms with E-state index in [2.05, 4.69) is 0 Å². The van der Waals surface area contributed by atoms with E-state index in [0.29, 0.717) is 37.0 Å². The molecule has 100 valence electrons. The first-order chi connectivity index (χ1) is 8.75. The predicted octanol–water partition coefficient (Wildman–Crippen LogP) is 2.20. The number of hydrogen-bond acceptors (Lipinski definition) is 4. The molecule has 0 fully saturated rings. The lowest BCUT2D eigenvalue weighted by Crippen LogP contribution is -2.14. The van der Waals surface area contributed by atoms with Gasteiger partial charge in [-0.1, -0.05) is 23.7 Å². The maximum absolute atomic E-state index is 11.7. The molecular weight excluding hydrogens is 256 g/mol. The normalized spacial score (nSPS) is 10.6. The summed E-state index contributed by atoms with van der Waals surface area (Å²) in [6, 6.07) is 6.92. The van der Waals surface area contributed by atoms with Crippen molar-refractivity contribution in [3.05, 3.63) is 34.9 Å². The molecule has 0 aliphatic rings. The van der Waals surface area contributed by atoms with Crippen LogP contribution in [0.5, 0.6) is 0 Å². The minimum Gasteiger partial charge on any atom is -0.382 e. The van der Waals surface area contributed by atoms with Gasteiger partial charge in [-0.25, -0.2) is 0 Å². The van der Waals surface area contributed by atoms with Gasteiger partial charge in [-0.2, -0.15) is 0 Å². The first-order valence-electron chi connectivity index (χ1n) is 5.68. The summed E-state index contributed by atoms with van der Waals surface area (Å²) in [5.41, 5.74) is 0.486. The van der Waals surface area contributed by atoms with E-state index in [4.69, 9.17) is 25.8 Å². The third-order valence-electron chi connectivity index (χ3n) is 2.21. The van der Waals surface area contributed by atoms with Crippen LogP contribution >= 0.6 is 11.6 Å². The zero-order valence-electron chi connectivity index (χ0n) is 10.4. The van der Waals surface area contributed by atoms with Gasteiger partial charge in [-0.3, -0.25) is 4.79 Å². The number of Topliss-reactive ketones (excluding diaryl/α,β-unsaturated/α-hetero) is 1. The Balaban J connectivity index is 2.16. The molecular formula is C13H17ClO4. The summed E-state index contributed by atoms with van der Waals surface area (Å²) >= 11 is 5.90. The predicted molar refractivity (Wildman–Crippen MR) is 69.3 cm³/mol. The Morgan fingerprint density at radius 2 is 1.78 bits per heavy atom. The highest BCUT2D eigenvalue weighted by Crippen LogP contribution is 2.15. The van der Waals surface area contributed by atoms with Crippen molar-refractivity contribution in [2.75, 3.05) is 40.1 Å². The van der Waals surface area contributed by atoms with Gasteiger partial charge in [-0.05, 0) is 12.1 Å². The first kappa shape index (κ1) is 15.1. The number of carbonyl (C=O) groups excluding carboxylic acids is 1. The second-order valence-electron chi connectivity index (χ2n) is 3.56. The molecule has 0 saturated heterocycles. The average Bonchev–Trinajstić information content (AvgIpc) is 2.38. The molecule has 4 nitrogen and oxygen atoms in total. The molecule has 1 rings (SSSR count). The van der Waals surface area contributed by atoms with Crippen molar-refractivity contribution in [1.82, 2.24) is 0 Å². The fourth-order valence-corrected chi connectivity index (χ4v) is 1.53. The van der Waals surface area contributed by atoms with E-state index in [1.54, 1.807) is 31.4 Å². The van der Waals surface area contributed by atoms with E-state index < -0.39 is 0 Å². The molecule has 0 aliphatic heterocycles. The monoisotopic (exact) mass is 272 g/mol. The second-order valence-corrected chi connectivity index (χ2v) is 3.97. The van der Waals surface area contributed by atoms with Crippen molar-refractivity contribution in [2.45, 2.75) is 0 Å². The van der Waals surface area contributed by atoms with Crippen LogP contribution in [0, 0.1) is 0 Å². The molecule has 18 heavy (non-hydrogen) atoms. The Morgan fingerprint density at radius 1 is 1.11 bits per heavy atom. The molecule has 1 aromatic carbocycles. The topological polar surface area (TPSA) is 44.8 Å². The zero-order chi connectivity index (χ0) is 13.2. The van der Waals surface area contributed by atoms with Gasteiger partial charge >= 0.3 is 0 Å². The van der Waals surface area contributed by atoms with Gasteiger partial charge in [0, 0.05) is 12.7 Å². The molecule has 0 saturated carbocycles. The largest absolute Gasteiger partial charge is 0.382 e. The van der Waals surface area contributed by atoms with Crippen molar-refractivity contribution in [2.24, 2.45) is 0 Å². The van der Waals surface area contributed by atoms with Crippen LogP contribution in [0.4, 0.5) is 0 Å². The standard InChI is InChI=1S/C13H17ClO4/c1-16-6-7-17-8-9-18-10-13(15)11-4-2-3-5-12(11)14/h2-5H,6-10H2,1H3. The number of halogens is 1. The van der Waals surface area contributed by atoms with Crippen molar-refractivity contribution in [3.8, 4) is 0 Å². The quantitative estimate of drug-likeness (QED) is 0.511. The van der Waals surface area contributed by atoms with E-state index in [1.807, 2.05) is 0 Å². The summed E-state index contributed by atoms with van der Waals surface area (Å²) in [6.07, 6.45) is 0. The van der Waals surface area contributed by atoms with Crippen molar-refractivity contribution < 1.29 is 19.0 Å². The van der Waals surface area contributed by atoms with Crippen molar-refractivity contribution in [1.29, 1.82) is 0 Å². The summed E-state index contributed by atoms with van der Waals surface area (Å²) in [6.45, 7) is 1.91. The fraction of sp³-hybridized carbons (Fsp3) is 0.462. The lowest BCUT2D eigenvalue weighted by molar-refractivity contribution is 0.0253. The number of hydrogen-bond donors (Lipinski definition) is 0. The van der Waals surface area contributed by atoms with Crippen LogP contribution in [0.1, 0.15) is 10.4 Å². The van der Waals surface area contributed by atoms with Gasteiger partial charge in [0.15, 0.2) is 5.78 Å². The fourth-order valence-electron chi connectivity index (χ4n) is 1.29. The molecule has 0 amide bonds. The van der Waals surface area contributed by atoms with E-state index >= 15 is 0 Å². The Bertz CT molecular complexity index is 368. The zero-order valence-corrected chi connectivity index (χ0v) is 11.1. The van der Waals surface area contributed by atoms with Crippen molar-refractivity contribution >= 4 is 17.4 Å². The highest BCUT2D eigenvalue weighted by molar-refractivity contribution is 6.34. The molecule has 5 heteroatoms. The average molecular weight is 273 g/mol. The SMILES string of the molecule is COCCOCCOCC(=O)c1ccccc1Cl. The van der Waals surface area contributed by atoms with Crippen LogP contribution < -0.4 is 0 Å². The summed E-state index contributed by atoms with van der Waals surface area (Å²) in [7, 11) is 1.61. The van der Waals surface area contributed by atoms with Crippen LogP contribution in [0.25, 0.3) is 0 Å². The molecule has 0 bridgehead atoms. The van der Waals surface area contributed by atoms with Crippen LogP contribution in [0.2, 0.25) is 5.02 Å². The summed E-state index contributed by atoms with van der Waals surface area (Å²) < 4.78 is 15.2.